The summed E-state index contributed by atoms with van der Waals surface area (Å²) in [6.07, 6.45) is 5.03. The van der Waals surface area contributed by atoms with Gasteiger partial charge < -0.3 is 25.2 Å². The topological polar surface area (TPSA) is 95.0 Å². The second-order valence-electron chi connectivity index (χ2n) is 7.72. The minimum Gasteiger partial charge on any atom is -0.633 e. The van der Waals surface area contributed by atoms with Gasteiger partial charge in [-0.3, -0.25) is 0 Å². The highest BCUT2D eigenvalue weighted by Crippen LogP contribution is 2.14. The molecule has 1 aromatic carbocycles. The van der Waals surface area contributed by atoms with Crippen LogP contribution in [0.2, 0.25) is 0 Å². The van der Waals surface area contributed by atoms with Crippen LogP contribution in [0.15, 0.2) is 30.3 Å². The Morgan fingerprint density at radius 3 is 2.10 bits per heavy atom. The summed E-state index contributed by atoms with van der Waals surface area (Å²) in [7, 11) is 0. The Bertz CT molecular complexity index is 740. The molecule has 0 atom stereocenters. The van der Waals surface area contributed by atoms with E-state index in [1.54, 1.807) is 0 Å². The van der Waals surface area contributed by atoms with Crippen molar-refractivity contribution < 1.29 is 9.38 Å². The first-order valence-electron chi connectivity index (χ1n) is 11.6. The van der Waals surface area contributed by atoms with Crippen molar-refractivity contribution in [3.05, 3.63) is 41.1 Å². The number of unbranched alkanes of at least 4 members (excludes halogenated alkanes) is 3. The molecule has 0 saturated carbocycles. The van der Waals surface area contributed by atoms with Crippen LogP contribution in [0.4, 0.5) is 11.9 Å². The third-order valence-corrected chi connectivity index (χ3v) is 5.32. The third kappa shape index (κ3) is 9.48. The lowest BCUT2D eigenvalue weighted by Gasteiger charge is -2.41. The number of rotatable bonds is 16. The lowest BCUT2D eigenvalue weighted by molar-refractivity contribution is -0.877. The average molecular weight is 431 g/mol. The molecule has 1 aromatic heterocycles. The number of nitrogens with zero attached hydrogens (tertiary/aromatic N) is 4. The molecule has 172 valence electrons. The van der Waals surface area contributed by atoms with Gasteiger partial charge >= 0.3 is 6.01 Å². The summed E-state index contributed by atoms with van der Waals surface area (Å²) >= 11 is 0. The summed E-state index contributed by atoms with van der Waals surface area (Å²) in [6, 6.07) is 10.3. The summed E-state index contributed by atoms with van der Waals surface area (Å²) in [4.78, 5) is 13.3. The van der Waals surface area contributed by atoms with E-state index in [-0.39, 0.29) is 4.65 Å². The van der Waals surface area contributed by atoms with Crippen LogP contribution in [0.5, 0.6) is 6.01 Å². The number of hydrogen-bond donors (Lipinski definition) is 2. The van der Waals surface area contributed by atoms with Crippen molar-refractivity contribution in [3.63, 3.8) is 0 Å². The van der Waals surface area contributed by atoms with Gasteiger partial charge in [0.15, 0.2) is 0 Å². The molecule has 8 heteroatoms. The first-order chi connectivity index (χ1) is 15.1. The fraction of sp³-hybridized carbons (Fsp3) is 0.609. The number of ether oxygens (including phenoxy) is 1. The second-order valence-corrected chi connectivity index (χ2v) is 7.72. The van der Waals surface area contributed by atoms with Gasteiger partial charge in [-0.25, -0.2) is 0 Å². The molecular weight excluding hydrogens is 392 g/mol. The van der Waals surface area contributed by atoms with E-state index in [1.807, 2.05) is 44.2 Å². The molecule has 31 heavy (non-hydrogen) atoms. The summed E-state index contributed by atoms with van der Waals surface area (Å²) in [5.41, 5.74) is 1.06. The number of benzene rings is 1. The summed E-state index contributed by atoms with van der Waals surface area (Å²) in [5.74, 6) is 1.03. The molecule has 0 fully saturated rings. The van der Waals surface area contributed by atoms with Crippen molar-refractivity contribution in [1.82, 2.24) is 15.0 Å². The average Bonchev–Trinajstić information content (AvgIpc) is 2.80. The van der Waals surface area contributed by atoms with Crippen molar-refractivity contribution in [2.24, 2.45) is 0 Å². The molecule has 0 aliphatic carbocycles. The van der Waals surface area contributed by atoms with Crippen molar-refractivity contribution in [2.75, 3.05) is 43.4 Å². The van der Waals surface area contributed by atoms with Crippen LogP contribution >= 0.6 is 0 Å². The zero-order valence-corrected chi connectivity index (χ0v) is 19.3. The molecule has 0 bridgehead atoms. The zero-order valence-electron chi connectivity index (χ0n) is 19.3. The van der Waals surface area contributed by atoms with E-state index in [0.717, 1.165) is 50.8 Å². The number of hydrogen-bond acceptors (Lipinski definition) is 7. The van der Waals surface area contributed by atoms with Crippen molar-refractivity contribution in [3.8, 4) is 6.01 Å². The molecule has 2 N–H and O–H groups in total. The van der Waals surface area contributed by atoms with E-state index in [2.05, 4.69) is 32.5 Å². The molecule has 0 unspecified atom stereocenters. The number of aromatic nitrogens is 3. The molecule has 0 amide bonds. The number of nitrogens with one attached hydrogen (secondary N) is 2. The lowest BCUT2D eigenvalue weighted by atomic mass is 10.2. The Labute approximate surface area is 186 Å². The molecule has 1 heterocycles. The molecule has 8 nitrogen and oxygen atoms in total. The zero-order chi connectivity index (χ0) is 22.4. The van der Waals surface area contributed by atoms with E-state index >= 15 is 0 Å². The highest BCUT2D eigenvalue weighted by Gasteiger charge is 2.11. The second kappa shape index (κ2) is 13.8. The minimum absolute atomic E-state index is 0.101. The number of hydroxylamine groups is 3. The Kier molecular flexibility index (Phi) is 11.0. The summed E-state index contributed by atoms with van der Waals surface area (Å²) < 4.78 is 5.71. The van der Waals surface area contributed by atoms with Gasteiger partial charge in [-0.05, 0) is 45.1 Å². The largest absolute Gasteiger partial charge is 0.633 e. The Morgan fingerprint density at radius 2 is 1.48 bits per heavy atom. The maximum absolute atomic E-state index is 12.3. The van der Waals surface area contributed by atoms with Crippen LogP contribution < -0.4 is 15.4 Å². The van der Waals surface area contributed by atoms with Crippen LogP contribution in [0.25, 0.3) is 0 Å². The first-order valence-corrected chi connectivity index (χ1v) is 11.6. The van der Waals surface area contributed by atoms with Crippen molar-refractivity contribution >= 4 is 11.9 Å². The summed E-state index contributed by atoms with van der Waals surface area (Å²) in [6.45, 7) is 9.98. The molecule has 0 aliphatic heterocycles. The SMILES string of the molecule is CCCCNc1nc(NCCCCC[N+]([O-])(CC)CC)nc(OCc2ccccc2)n1. The smallest absolute Gasteiger partial charge is 0.323 e. The van der Waals surface area contributed by atoms with Crippen LogP contribution in [0.3, 0.4) is 0 Å². The molecular formula is C23H38N6O2. The fourth-order valence-electron chi connectivity index (χ4n) is 3.12. The van der Waals surface area contributed by atoms with Gasteiger partial charge in [0.25, 0.3) is 0 Å². The van der Waals surface area contributed by atoms with Crippen LogP contribution in [-0.4, -0.2) is 52.3 Å². The third-order valence-electron chi connectivity index (χ3n) is 5.32. The van der Waals surface area contributed by atoms with E-state index in [9.17, 15) is 5.21 Å². The van der Waals surface area contributed by atoms with Crippen LogP contribution in [0.1, 0.15) is 58.4 Å². The Balaban J connectivity index is 1.87. The Hall–Kier alpha value is -2.45. The maximum Gasteiger partial charge on any atom is 0.323 e. The van der Waals surface area contributed by atoms with Crippen LogP contribution in [-0.2, 0) is 6.61 Å². The van der Waals surface area contributed by atoms with Gasteiger partial charge in [-0.1, -0.05) is 43.7 Å². The van der Waals surface area contributed by atoms with Gasteiger partial charge in [0.05, 0.1) is 19.6 Å². The fourth-order valence-corrected chi connectivity index (χ4v) is 3.12. The molecule has 0 aliphatic rings. The molecule has 2 aromatic rings. The van der Waals surface area contributed by atoms with E-state index < -0.39 is 0 Å². The van der Waals surface area contributed by atoms with E-state index in [4.69, 9.17) is 4.74 Å². The molecule has 2 rings (SSSR count). The van der Waals surface area contributed by atoms with Crippen molar-refractivity contribution in [1.29, 1.82) is 0 Å². The summed E-state index contributed by atoms with van der Waals surface area (Å²) in [5, 5.41) is 18.8. The normalized spacial score (nSPS) is 11.4. The first kappa shape index (κ1) is 24.8. The van der Waals surface area contributed by atoms with Gasteiger partial charge in [0.2, 0.25) is 11.9 Å². The van der Waals surface area contributed by atoms with Crippen LogP contribution in [0, 0.1) is 5.21 Å². The molecule has 0 spiro atoms. The quantitative estimate of drug-likeness (QED) is 0.228. The van der Waals surface area contributed by atoms with Gasteiger partial charge in [0.1, 0.15) is 6.61 Å². The predicted molar refractivity (Wildman–Crippen MR) is 126 cm³/mol. The maximum atomic E-state index is 12.3. The van der Waals surface area contributed by atoms with E-state index in [0.29, 0.717) is 44.1 Å². The highest BCUT2D eigenvalue weighted by atomic mass is 16.5. The van der Waals surface area contributed by atoms with E-state index in [1.165, 1.54) is 0 Å². The number of anilines is 2. The van der Waals surface area contributed by atoms with Crippen molar-refractivity contribution in [2.45, 2.75) is 59.5 Å². The molecule has 0 saturated heterocycles. The van der Waals surface area contributed by atoms with Gasteiger partial charge in [-0.2, -0.15) is 15.0 Å². The predicted octanol–water partition coefficient (Wildman–Crippen LogP) is 4.60. The van der Waals surface area contributed by atoms with Gasteiger partial charge in [-0.15, -0.1) is 0 Å². The minimum atomic E-state index is -0.101. The van der Waals surface area contributed by atoms with Gasteiger partial charge in [0, 0.05) is 13.1 Å². The number of quaternary nitrogens is 1. The molecule has 0 radical (unpaired) electrons. The monoisotopic (exact) mass is 430 g/mol. The lowest BCUT2D eigenvalue weighted by Crippen LogP contribution is -2.42. The Morgan fingerprint density at radius 1 is 0.839 bits per heavy atom. The standard InChI is InChI=1S/C23H38N6O2/c1-4-7-16-24-21-26-22(25-17-12-9-13-18-29(30,5-2)6-3)28-23(27-21)31-19-20-14-10-8-11-15-20/h8,10-11,14-15H,4-7,9,12-13,16-19H2,1-3H3,(H2,24,25,26,27,28). The highest BCUT2D eigenvalue weighted by molar-refractivity contribution is 5.35.